The number of rotatable bonds is 8. The first kappa shape index (κ1) is 16.1. The van der Waals surface area contributed by atoms with Crippen LogP contribution >= 0.6 is 0 Å². The van der Waals surface area contributed by atoms with Gasteiger partial charge < -0.3 is 20.1 Å². The van der Waals surface area contributed by atoms with Crippen LogP contribution in [0.1, 0.15) is 25.3 Å². The van der Waals surface area contributed by atoms with E-state index in [0.717, 1.165) is 63.7 Å². The highest BCUT2D eigenvalue weighted by Gasteiger charge is 2.13. The zero-order chi connectivity index (χ0) is 14.9. The van der Waals surface area contributed by atoms with Crippen LogP contribution in [0.15, 0.2) is 12.4 Å². The van der Waals surface area contributed by atoms with Gasteiger partial charge in [0, 0.05) is 44.2 Å². The number of hydrogen-bond donors (Lipinski definition) is 2. The second kappa shape index (κ2) is 8.92. The van der Waals surface area contributed by atoms with Crippen LogP contribution in [-0.4, -0.2) is 54.5 Å². The van der Waals surface area contributed by atoms with E-state index in [0.29, 0.717) is 5.92 Å². The lowest BCUT2D eigenvalue weighted by atomic mass is 10.0. The Bertz CT molecular complexity index is 393. The van der Waals surface area contributed by atoms with E-state index in [1.54, 1.807) is 0 Å². The van der Waals surface area contributed by atoms with Gasteiger partial charge in [-0.15, -0.1) is 0 Å². The molecule has 0 bridgehead atoms. The number of nitrogens with zero attached hydrogens (tertiary/aromatic N) is 3. The summed E-state index contributed by atoms with van der Waals surface area (Å²) in [6.45, 7) is 7.31. The van der Waals surface area contributed by atoms with Crippen molar-refractivity contribution in [2.24, 2.45) is 5.92 Å². The molecule has 1 aromatic rings. The first-order valence-corrected chi connectivity index (χ1v) is 7.78. The van der Waals surface area contributed by atoms with E-state index in [4.69, 9.17) is 9.84 Å². The van der Waals surface area contributed by atoms with E-state index in [1.165, 1.54) is 0 Å². The van der Waals surface area contributed by atoms with E-state index in [1.807, 2.05) is 12.4 Å². The van der Waals surface area contributed by atoms with Crippen LogP contribution in [0.4, 0.5) is 5.95 Å². The summed E-state index contributed by atoms with van der Waals surface area (Å²) in [4.78, 5) is 11.0. The van der Waals surface area contributed by atoms with Gasteiger partial charge in [-0.25, -0.2) is 9.97 Å². The van der Waals surface area contributed by atoms with Gasteiger partial charge in [0.25, 0.3) is 0 Å². The largest absolute Gasteiger partial charge is 0.396 e. The van der Waals surface area contributed by atoms with Gasteiger partial charge in [-0.3, -0.25) is 0 Å². The first-order chi connectivity index (χ1) is 10.3. The summed E-state index contributed by atoms with van der Waals surface area (Å²) in [6, 6.07) is 0. The second-order valence-corrected chi connectivity index (χ2v) is 5.41. The molecule has 1 unspecified atom stereocenters. The molecular weight excluding hydrogens is 268 g/mol. The predicted molar refractivity (Wildman–Crippen MR) is 82.3 cm³/mol. The van der Waals surface area contributed by atoms with Gasteiger partial charge in [0.1, 0.15) is 0 Å². The Morgan fingerprint density at radius 2 is 2.05 bits per heavy atom. The normalized spacial score (nSPS) is 17.0. The van der Waals surface area contributed by atoms with Gasteiger partial charge >= 0.3 is 0 Å². The molecule has 1 fully saturated rings. The lowest BCUT2D eigenvalue weighted by Gasteiger charge is -2.26. The fourth-order valence-corrected chi connectivity index (χ4v) is 2.42. The lowest BCUT2D eigenvalue weighted by molar-refractivity contribution is 0.122. The highest BCUT2D eigenvalue weighted by molar-refractivity contribution is 5.30. The summed E-state index contributed by atoms with van der Waals surface area (Å²) in [5.41, 5.74) is 1.09. The molecule has 0 saturated carbocycles. The Labute approximate surface area is 126 Å². The van der Waals surface area contributed by atoms with Gasteiger partial charge in [0.2, 0.25) is 5.95 Å². The number of morpholine rings is 1. The predicted octanol–water partition coefficient (Wildman–Crippen LogP) is 0.811. The Kier molecular flexibility index (Phi) is 6.85. The second-order valence-electron chi connectivity index (χ2n) is 5.41. The van der Waals surface area contributed by atoms with Crippen LogP contribution in [0.25, 0.3) is 0 Å². The maximum absolute atomic E-state index is 8.98. The topological polar surface area (TPSA) is 70.5 Å². The number of aromatic nitrogens is 2. The summed E-state index contributed by atoms with van der Waals surface area (Å²) in [5, 5.41) is 12.4. The number of nitrogens with one attached hydrogen (secondary N) is 1. The van der Waals surface area contributed by atoms with Crippen LogP contribution < -0.4 is 10.2 Å². The quantitative estimate of drug-likeness (QED) is 0.739. The molecular formula is C15H26N4O2. The average Bonchev–Trinajstić information content (AvgIpc) is 2.55. The number of hydrogen-bond acceptors (Lipinski definition) is 6. The number of anilines is 1. The fourth-order valence-electron chi connectivity index (χ4n) is 2.42. The van der Waals surface area contributed by atoms with Crippen molar-refractivity contribution in [1.82, 2.24) is 15.3 Å². The maximum Gasteiger partial charge on any atom is 0.225 e. The zero-order valence-electron chi connectivity index (χ0n) is 12.8. The number of ether oxygens (including phenoxy) is 1. The molecule has 6 nitrogen and oxygen atoms in total. The van der Waals surface area contributed by atoms with Crippen molar-refractivity contribution in [3.05, 3.63) is 18.0 Å². The molecule has 1 aromatic heterocycles. The summed E-state index contributed by atoms with van der Waals surface area (Å²) >= 11 is 0. The molecule has 0 aliphatic carbocycles. The molecule has 2 rings (SSSR count). The molecule has 0 spiro atoms. The van der Waals surface area contributed by atoms with E-state index < -0.39 is 0 Å². The van der Waals surface area contributed by atoms with Crippen molar-refractivity contribution in [2.45, 2.75) is 26.3 Å². The Morgan fingerprint density at radius 1 is 1.33 bits per heavy atom. The molecule has 1 atom stereocenters. The first-order valence-electron chi connectivity index (χ1n) is 7.78. The van der Waals surface area contributed by atoms with E-state index >= 15 is 0 Å². The Morgan fingerprint density at radius 3 is 2.67 bits per heavy atom. The average molecular weight is 294 g/mol. The monoisotopic (exact) mass is 294 g/mol. The molecule has 6 heteroatoms. The van der Waals surface area contributed by atoms with Crippen LogP contribution in [0.5, 0.6) is 0 Å². The van der Waals surface area contributed by atoms with E-state index in [-0.39, 0.29) is 6.61 Å². The van der Waals surface area contributed by atoms with Crippen molar-refractivity contribution < 1.29 is 9.84 Å². The molecule has 0 aromatic carbocycles. The van der Waals surface area contributed by atoms with Gasteiger partial charge in [-0.2, -0.15) is 0 Å². The minimum Gasteiger partial charge on any atom is -0.396 e. The molecule has 1 aliphatic heterocycles. The summed E-state index contributed by atoms with van der Waals surface area (Å²) in [6.07, 6.45) is 5.71. The number of aliphatic hydroxyl groups excluding tert-OH is 1. The third-order valence-corrected chi connectivity index (χ3v) is 3.86. The molecule has 0 amide bonds. The highest BCUT2D eigenvalue weighted by Crippen LogP contribution is 2.10. The van der Waals surface area contributed by atoms with Gasteiger partial charge in [0.05, 0.1) is 13.2 Å². The minimum atomic E-state index is 0.261. The molecule has 1 saturated heterocycles. The zero-order valence-corrected chi connectivity index (χ0v) is 12.8. The maximum atomic E-state index is 8.98. The van der Waals surface area contributed by atoms with Crippen molar-refractivity contribution in [3.8, 4) is 0 Å². The molecule has 118 valence electrons. The van der Waals surface area contributed by atoms with Crippen LogP contribution in [0.2, 0.25) is 0 Å². The van der Waals surface area contributed by atoms with Crippen molar-refractivity contribution >= 4 is 5.95 Å². The summed E-state index contributed by atoms with van der Waals surface area (Å²) in [5.74, 6) is 1.32. The van der Waals surface area contributed by atoms with Crippen LogP contribution in [-0.2, 0) is 11.3 Å². The van der Waals surface area contributed by atoms with Crippen molar-refractivity contribution in [3.63, 3.8) is 0 Å². The fraction of sp³-hybridized carbons (Fsp3) is 0.733. The Hall–Kier alpha value is -1.24. The van der Waals surface area contributed by atoms with E-state index in [9.17, 15) is 0 Å². The van der Waals surface area contributed by atoms with Crippen molar-refractivity contribution in [2.75, 3.05) is 44.4 Å². The van der Waals surface area contributed by atoms with Crippen LogP contribution in [0, 0.1) is 5.92 Å². The third kappa shape index (κ3) is 5.22. The molecule has 2 N–H and O–H groups in total. The van der Waals surface area contributed by atoms with Gasteiger partial charge in [-0.05, 0) is 18.9 Å². The van der Waals surface area contributed by atoms with Crippen molar-refractivity contribution in [1.29, 1.82) is 0 Å². The smallest absolute Gasteiger partial charge is 0.225 e. The van der Waals surface area contributed by atoms with Gasteiger partial charge in [-0.1, -0.05) is 13.3 Å². The molecule has 2 heterocycles. The molecule has 0 radical (unpaired) electrons. The molecule has 21 heavy (non-hydrogen) atoms. The van der Waals surface area contributed by atoms with Crippen LogP contribution in [0.3, 0.4) is 0 Å². The minimum absolute atomic E-state index is 0.261. The third-order valence-electron chi connectivity index (χ3n) is 3.86. The summed E-state index contributed by atoms with van der Waals surface area (Å²) < 4.78 is 5.33. The standard InChI is InChI=1S/C15H26N4O2/c1-2-13(3-6-20)9-16-10-14-11-17-15(18-12-14)19-4-7-21-8-5-19/h11-13,16,20H,2-10H2,1H3. The SMILES string of the molecule is CCC(CCO)CNCc1cnc(N2CCOCC2)nc1. The Balaban J connectivity index is 1.76. The summed E-state index contributed by atoms with van der Waals surface area (Å²) in [7, 11) is 0. The van der Waals surface area contributed by atoms with E-state index in [2.05, 4.69) is 27.1 Å². The highest BCUT2D eigenvalue weighted by atomic mass is 16.5. The van der Waals surface area contributed by atoms with Gasteiger partial charge in [0.15, 0.2) is 0 Å². The lowest BCUT2D eigenvalue weighted by Crippen LogP contribution is -2.37. The number of aliphatic hydroxyl groups is 1. The molecule has 1 aliphatic rings.